The van der Waals surface area contributed by atoms with Crippen LogP contribution in [-0.4, -0.2) is 6.04 Å². The van der Waals surface area contributed by atoms with Gasteiger partial charge in [-0.2, -0.15) is 0 Å². The summed E-state index contributed by atoms with van der Waals surface area (Å²) in [5.41, 5.74) is 1.37. The van der Waals surface area contributed by atoms with E-state index in [1.807, 2.05) is 0 Å². The van der Waals surface area contributed by atoms with Crippen LogP contribution in [0.2, 0.25) is 0 Å². The van der Waals surface area contributed by atoms with Crippen molar-refractivity contribution in [3.8, 4) is 0 Å². The highest BCUT2D eigenvalue weighted by Gasteiger charge is 2.26. The second kappa shape index (κ2) is 6.21. The largest absolute Gasteiger partial charge is 0.307 e. The van der Waals surface area contributed by atoms with Gasteiger partial charge in [0.25, 0.3) is 0 Å². The van der Waals surface area contributed by atoms with Crippen LogP contribution in [0.3, 0.4) is 0 Å². The molecule has 1 aromatic carbocycles. The average Bonchev–Trinajstić information content (AvgIpc) is 2.34. The molecule has 1 N–H and O–H groups in total. The third-order valence-corrected chi connectivity index (χ3v) is 4.76. The molecule has 2 rings (SSSR count). The Morgan fingerprint density at radius 1 is 1.28 bits per heavy atom. The summed E-state index contributed by atoms with van der Waals surface area (Å²) in [6, 6.07) is 9.72. The number of hydrogen-bond donors (Lipinski definition) is 1. The number of benzene rings is 1. The molecule has 0 saturated heterocycles. The number of hydrogen-bond acceptors (Lipinski definition) is 1. The first kappa shape index (κ1) is 14.1. The zero-order valence-corrected chi connectivity index (χ0v) is 13.2. The van der Waals surface area contributed by atoms with Gasteiger partial charge in [-0.25, -0.2) is 0 Å². The molecular weight excluding hydrogens is 286 g/mol. The molecule has 1 fully saturated rings. The summed E-state index contributed by atoms with van der Waals surface area (Å²) in [6.07, 6.45) is 4.08. The van der Waals surface area contributed by atoms with E-state index in [2.05, 4.69) is 66.3 Å². The lowest BCUT2D eigenvalue weighted by Gasteiger charge is -2.35. The Bertz CT molecular complexity index is 390. The predicted octanol–water partition coefficient (Wildman–Crippen LogP) is 4.92. The van der Waals surface area contributed by atoms with Crippen molar-refractivity contribution in [3.63, 3.8) is 0 Å². The Morgan fingerprint density at radius 3 is 2.78 bits per heavy atom. The van der Waals surface area contributed by atoms with Gasteiger partial charge in [-0.3, -0.25) is 0 Å². The monoisotopic (exact) mass is 309 g/mol. The Kier molecular flexibility index (Phi) is 4.85. The summed E-state index contributed by atoms with van der Waals surface area (Å²) in [5, 5.41) is 3.82. The van der Waals surface area contributed by atoms with Crippen molar-refractivity contribution in [3.05, 3.63) is 34.3 Å². The van der Waals surface area contributed by atoms with Gasteiger partial charge in [0.15, 0.2) is 0 Å². The number of nitrogens with one attached hydrogen (secondary N) is 1. The van der Waals surface area contributed by atoms with E-state index in [4.69, 9.17) is 0 Å². The lowest BCUT2D eigenvalue weighted by Crippen LogP contribution is -2.40. The van der Waals surface area contributed by atoms with Crippen molar-refractivity contribution >= 4 is 15.9 Å². The van der Waals surface area contributed by atoms with Gasteiger partial charge >= 0.3 is 0 Å². The molecule has 2 heteroatoms. The smallest absolute Gasteiger partial charge is 0.0294 e. The Balaban J connectivity index is 2.00. The maximum absolute atomic E-state index is 3.82. The van der Waals surface area contributed by atoms with Crippen molar-refractivity contribution in [2.24, 2.45) is 11.8 Å². The minimum absolute atomic E-state index is 0.431. The Hall–Kier alpha value is -0.340. The highest BCUT2D eigenvalue weighted by molar-refractivity contribution is 9.10. The van der Waals surface area contributed by atoms with Crippen LogP contribution in [0.15, 0.2) is 28.7 Å². The first-order chi connectivity index (χ1) is 8.56. The lowest BCUT2D eigenvalue weighted by molar-refractivity contribution is 0.216. The molecule has 100 valence electrons. The van der Waals surface area contributed by atoms with Gasteiger partial charge in [0.05, 0.1) is 0 Å². The second-order valence-corrected chi connectivity index (χ2v) is 6.86. The SMILES string of the molecule is CC1CCC(C)C(N[C@H](C)c2cccc(Br)c2)C1. The van der Waals surface area contributed by atoms with Crippen molar-refractivity contribution < 1.29 is 0 Å². The number of rotatable bonds is 3. The van der Waals surface area contributed by atoms with Crippen molar-refractivity contribution in [1.82, 2.24) is 5.32 Å². The normalized spacial score (nSPS) is 30.1. The first-order valence-electron chi connectivity index (χ1n) is 7.07. The fourth-order valence-corrected chi connectivity index (χ4v) is 3.37. The standard InChI is InChI=1S/C16H24BrN/c1-11-7-8-12(2)16(9-11)18-13(3)14-5-4-6-15(17)10-14/h4-6,10-13,16,18H,7-9H2,1-3H3/t11?,12?,13-,16?/m1/s1. The van der Waals surface area contributed by atoms with E-state index in [0.29, 0.717) is 12.1 Å². The fourth-order valence-electron chi connectivity index (χ4n) is 2.96. The molecule has 1 aliphatic rings. The zero-order valence-electron chi connectivity index (χ0n) is 11.6. The van der Waals surface area contributed by atoms with E-state index in [1.165, 1.54) is 29.3 Å². The van der Waals surface area contributed by atoms with Crippen LogP contribution in [0.4, 0.5) is 0 Å². The third-order valence-electron chi connectivity index (χ3n) is 4.27. The molecule has 3 unspecified atom stereocenters. The minimum Gasteiger partial charge on any atom is -0.307 e. The predicted molar refractivity (Wildman–Crippen MR) is 81.7 cm³/mol. The van der Waals surface area contributed by atoms with Crippen molar-refractivity contribution in [2.45, 2.75) is 52.1 Å². The summed E-state index contributed by atoms with van der Waals surface area (Å²) in [7, 11) is 0. The van der Waals surface area contributed by atoms with Gasteiger partial charge in [0.1, 0.15) is 0 Å². The molecular formula is C16H24BrN. The molecule has 1 saturated carbocycles. The molecule has 0 bridgehead atoms. The summed E-state index contributed by atoms with van der Waals surface area (Å²) < 4.78 is 1.17. The third kappa shape index (κ3) is 3.58. The van der Waals surface area contributed by atoms with E-state index >= 15 is 0 Å². The van der Waals surface area contributed by atoms with E-state index in [1.54, 1.807) is 0 Å². The maximum atomic E-state index is 3.82. The number of halogens is 1. The van der Waals surface area contributed by atoms with E-state index < -0.39 is 0 Å². The van der Waals surface area contributed by atoms with E-state index in [9.17, 15) is 0 Å². The van der Waals surface area contributed by atoms with Crippen molar-refractivity contribution in [1.29, 1.82) is 0 Å². The van der Waals surface area contributed by atoms with Crippen LogP contribution < -0.4 is 5.32 Å². The lowest BCUT2D eigenvalue weighted by atomic mass is 9.79. The highest BCUT2D eigenvalue weighted by Crippen LogP contribution is 2.30. The van der Waals surface area contributed by atoms with Crippen LogP contribution >= 0.6 is 15.9 Å². The fraction of sp³-hybridized carbons (Fsp3) is 0.625. The van der Waals surface area contributed by atoms with Crippen LogP contribution in [0.25, 0.3) is 0 Å². The van der Waals surface area contributed by atoms with Crippen LogP contribution in [0.5, 0.6) is 0 Å². The Morgan fingerprint density at radius 2 is 2.06 bits per heavy atom. The van der Waals surface area contributed by atoms with Gasteiger partial charge in [0, 0.05) is 16.6 Å². The molecule has 0 heterocycles. The van der Waals surface area contributed by atoms with Gasteiger partial charge in [0.2, 0.25) is 0 Å². The highest BCUT2D eigenvalue weighted by atomic mass is 79.9. The maximum Gasteiger partial charge on any atom is 0.0294 e. The summed E-state index contributed by atoms with van der Waals surface area (Å²) in [6.45, 7) is 7.04. The van der Waals surface area contributed by atoms with Crippen molar-refractivity contribution in [2.75, 3.05) is 0 Å². The molecule has 0 radical (unpaired) electrons. The van der Waals surface area contributed by atoms with Gasteiger partial charge < -0.3 is 5.32 Å². The molecule has 1 aliphatic carbocycles. The summed E-state index contributed by atoms with van der Waals surface area (Å²) in [5.74, 6) is 1.67. The zero-order chi connectivity index (χ0) is 13.1. The topological polar surface area (TPSA) is 12.0 Å². The van der Waals surface area contributed by atoms with Crippen LogP contribution in [0, 0.1) is 11.8 Å². The minimum atomic E-state index is 0.431. The molecule has 18 heavy (non-hydrogen) atoms. The average molecular weight is 310 g/mol. The molecule has 0 spiro atoms. The first-order valence-corrected chi connectivity index (χ1v) is 7.87. The van der Waals surface area contributed by atoms with Crippen LogP contribution in [0.1, 0.15) is 51.6 Å². The quantitative estimate of drug-likeness (QED) is 0.835. The second-order valence-electron chi connectivity index (χ2n) is 5.95. The van der Waals surface area contributed by atoms with Gasteiger partial charge in [-0.1, -0.05) is 48.3 Å². The van der Waals surface area contributed by atoms with E-state index in [-0.39, 0.29) is 0 Å². The summed E-state index contributed by atoms with van der Waals surface area (Å²) >= 11 is 3.55. The van der Waals surface area contributed by atoms with Crippen LogP contribution in [-0.2, 0) is 0 Å². The molecule has 0 amide bonds. The summed E-state index contributed by atoms with van der Waals surface area (Å²) in [4.78, 5) is 0. The van der Waals surface area contributed by atoms with Gasteiger partial charge in [-0.05, 0) is 49.3 Å². The van der Waals surface area contributed by atoms with Gasteiger partial charge in [-0.15, -0.1) is 0 Å². The molecule has 1 aromatic rings. The molecule has 4 atom stereocenters. The van der Waals surface area contributed by atoms with E-state index in [0.717, 1.165) is 11.8 Å². The molecule has 1 nitrogen and oxygen atoms in total. The molecule has 0 aliphatic heterocycles. The Labute approximate surface area is 119 Å². The molecule has 0 aromatic heterocycles.